The minimum absolute atomic E-state index is 0.291. The standard InChI is InChI=1S/C12H20Si/c1-5-9-8-10(12(2,3)4)6-7-11(9)13/h6-8H,5H2,1-4,13H3. The van der Waals surface area contributed by atoms with Gasteiger partial charge >= 0.3 is 0 Å². The van der Waals surface area contributed by atoms with E-state index in [9.17, 15) is 0 Å². The van der Waals surface area contributed by atoms with Crippen molar-refractivity contribution in [2.45, 2.75) is 39.5 Å². The normalized spacial score (nSPS) is 12.0. The lowest BCUT2D eigenvalue weighted by Gasteiger charge is -2.20. The van der Waals surface area contributed by atoms with Crippen LogP contribution in [0.15, 0.2) is 18.2 Å². The first-order chi connectivity index (χ1) is 5.95. The summed E-state index contributed by atoms with van der Waals surface area (Å²) in [5, 5.41) is 1.55. The van der Waals surface area contributed by atoms with Gasteiger partial charge in [0.2, 0.25) is 0 Å². The third-order valence-electron chi connectivity index (χ3n) is 2.60. The summed E-state index contributed by atoms with van der Waals surface area (Å²) in [5.41, 5.74) is 3.29. The number of benzene rings is 1. The lowest BCUT2D eigenvalue weighted by molar-refractivity contribution is 0.589. The van der Waals surface area contributed by atoms with Gasteiger partial charge in [-0.1, -0.05) is 51.1 Å². The zero-order valence-corrected chi connectivity index (χ0v) is 11.4. The van der Waals surface area contributed by atoms with E-state index in [0.29, 0.717) is 5.41 Å². The molecule has 0 fully saturated rings. The highest BCUT2D eigenvalue weighted by molar-refractivity contribution is 6.33. The van der Waals surface area contributed by atoms with Gasteiger partial charge in [-0.05, 0) is 23.0 Å². The topological polar surface area (TPSA) is 0 Å². The Morgan fingerprint density at radius 1 is 1.23 bits per heavy atom. The van der Waals surface area contributed by atoms with Crippen LogP contribution in [0.5, 0.6) is 0 Å². The van der Waals surface area contributed by atoms with E-state index in [1.807, 2.05) is 0 Å². The number of hydrogen-bond acceptors (Lipinski definition) is 0. The molecule has 1 aromatic carbocycles. The molecule has 0 saturated heterocycles. The molecule has 0 spiro atoms. The molecule has 0 aliphatic heterocycles. The highest BCUT2D eigenvalue weighted by atomic mass is 28.1. The molecule has 0 radical (unpaired) electrons. The molecule has 0 bridgehead atoms. The maximum atomic E-state index is 2.38. The first kappa shape index (κ1) is 10.5. The molecule has 0 aliphatic rings. The van der Waals surface area contributed by atoms with Gasteiger partial charge in [0.1, 0.15) is 0 Å². The molecule has 1 rings (SSSR count). The van der Waals surface area contributed by atoms with E-state index in [1.165, 1.54) is 22.2 Å². The summed E-state index contributed by atoms with van der Waals surface area (Å²) in [6.07, 6.45) is 1.17. The van der Waals surface area contributed by atoms with Crippen molar-refractivity contribution < 1.29 is 0 Å². The van der Waals surface area contributed by atoms with Crippen LogP contribution >= 0.6 is 0 Å². The molecule has 0 aliphatic carbocycles. The molecule has 13 heavy (non-hydrogen) atoms. The molecule has 0 atom stereocenters. The van der Waals surface area contributed by atoms with Crippen LogP contribution in [-0.2, 0) is 11.8 Å². The fraction of sp³-hybridized carbons (Fsp3) is 0.500. The second-order valence-electron chi connectivity index (χ2n) is 4.74. The first-order valence-electron chi connectivity index (χ1n) is 5.05. The molecule has 1 aromatic rings. The van der Waals surface area contributed by atoms with Crippen molar-refractivity contribution in [2.75, 3.05) is 0 Å². The Labute approximate surface area is 84.8 Å². The maximum Gasteiger partial charge on any atom is 0.0388 e. The minimum atomic E-state index is 0.291. The third kappa shape index (κ3) is 2.44. The average molecular weight is 192 g/mol. The van der Waals surface area contributed by atoms with Gasteiger partial charge in [0.15, 0.2) is 0 Å². The van der Waals surface area contributed by atoms with Crippen LogP contribution in [0.1, 0.15) is 38.8 Å². The summed E-state index contributed by atoms with van der Waals surface area (Å²) in [4.78, 5) is 0. The Kier molecular flexibility index (Phi) is 2.97. The van der Waals surface area contributed by atoms with Crippen LogP contribution in [0.25, 0.3) is 0 Å². The van der Waals surface area contributed by atoms with Gasteiger partial charge < -0.3 is 0 Å². The fourth-order valence-electron chi connectivity index (χ4n) is 1.52. The van der Waals surface area contributed by atoms with Gasteiger partial charge in [-0.3, -0.25) is 0 Å². The van der Waals surface area contributed by atoms with Crippen LogP contribution in [-0.4, -0.2) is 10.2 Å². The van der Waals surface area contributed by atoms with Crippen molar-refractivity contribution in [3.63, 3.8) is 0 Å². The molecule has 0 heterocycles. The van der Waals surface area contributed by atoms with E-state index in [2.05, 4.69) is 45.9 Å². The largest absolute Gasteiger partial charge is 0.0676 e. The van der Waals surface area contributed by atoms with Crippen LogP contribution in [0.2, 0.25) is 0 Å². The summed E-state index contributed by atoms with van der Waals surface area (Å²) in [6.45, 7) is 9.06. The molecule has 0 saturated carbocycles. The van der Waals surface area contributed by atoms with Crippen molar-refractivity contribution in [3.8, 4) is 0 Å². The van der Waals surface area contributed by atoms with Crippen molar-refractivity contribution in [3.05, 3.63) is 29.3 Å². The summed E-state index contributed by atoms with van der Waals surface area (Å²) in [6, 6.07) is 6.95. The van der Waals surface area contributed by atoms with Crippen molar-refractivity contribution in [1.29, 1.82) is 0 Å². The summed E-state index contributed by atoms with van der Waals surface area (Å²) >= 11 is 0. The molecule has 0 N–H and O–H groups in total. The Morgan fingerprint density at radius 3 is 2.31 bits per heavy atom. The van der Waals surface area contributed by atoms with Crippen LogP contribution in [0, 0.1) is 0 Å². The second kappa shape index (κ2) is 3.67. The van der Waals surface area contributed by atoms with Gasteiger partial charge in [0, 0.05) is 10.2 Å². The summed E-state index contributed by atoms with van der Waals surface area (Å²) < 4.78 is 0. The van der Waals surface area contributed by atoms with Crippen LogP contribution in [0.4, 0.5) is 0 Å². The number of aryl methyl sites for hydroxylation is 1. The monoisotopic (exact) mass is 192 g/mol. The molecule has 0 amide bonds. The molecule has 72 valence electrons. The Morgan fingerprint density at radius 2 is 1.85 bits per heavy atom. The third-order valence-corrected chi connectivity index (χ3v) is 3.57. The lowest BCUT2D eigenvalue weighted by Crippen LogP contribution is -2.16. The van der Waals surface area contributed by atoms with E-state index < -0.39 is 0 Å². The Balaban J connectivity index is 3.14. The Bertz CT molecular complexity index is 294. The van der Waals surface area contributed by atoms with Gasteiger partial charge in [-0.25, -0.2) is 0 Å². The molecule has 0 aromatic heterocycles. The summed E-state index contributed by atoms with van der Waals surface area (Å²) in [7, 11) is 1.17. The number of hydrogen-bond donors (Lipinski definition) is 0. The zero-order valence-electron chi connectivity index (χ0n) is 9.44. The highest BCUT2D eigenvalue weighted by Gasteiger charge is 2.13. The van der Waals surface area contributed by atoms with Gasteiger partial charge in [-0.15, -0.1) is 0 Å². The smallest absolute Gasteiger partial charge is 0.0388 e. The molecular weight excluding hydrogens is 172 g/mol. The van der Waals surface area contributed by atoms with Crippen LogP contribution < -0.4 is 5.19 Å². The van der Waals surface area contributed by atoms with Gasteiger partial charge in [-0.2, -0.15) is 0 Å². The summed E-state index contributed by atoms with van der Waals surface area (Å²) in [5.74, 6) is 0. The first-order valence-corrected chi connectivity index (χ1v) is 6.05. The quantitative estimate of drug-likeness (QED) is 0.592. The van der Waals surface area contributed by atoms with Crippen LogP contribution in [0.3, 0.4) is 0 Å². The molecule has 0 nitrogen and oxygen atoms in total. The SMILES string of the molecule is CCc1cc(C(C)(C)C)ccc1[SiH3]. The zero-order chi connectivity index (χ0) is 10.1. The van der Waals surface area contributed by atoms with Gasteiger partial charge in [0.05, 0.1) is 0 Å². The van der Waals surface area contributed by atoms with E-state index in [0.717, 1.165) is 0 Å². The average Bonchev–Trinajstić information content (AvgIpc) is 2.03. The minimum Gasteiger partial charge on any atom is -0.0676 e. The van der Waals surface area contributed by atoms with E-state index >= 15 is 0 Å². The second-order valence-corrected chi connectivity index (χ2v) is 5.82. The predicted molar refractivity (Wildman–Crippen MR) is 64.1 cm³/mol. The fourth-order valence-corrected chi connectivity index (χ4v) is 2.18. The number of rotatable bonds is 1. The predicted octanol–water partition coefficient (Wildman–Crippen LogP) is 1.54. The van der Waals surface area contributed by atoms with Crippen molar-refractivity contribution in [2.24, 2.45) is 0 Å². The van der Waals surface area contributed by atoms with Crippen molar-refractivity contribution >= 4 is 15.4 Å². The highest BCUT2D eigenvalue weighted by Crippen LogP contribution is 2.22. The van der Waals surface area contributed by atoms with E-state index in [1.54, 1.807) is 10.8 Å². The maximum absolute atomic E-state index is 2.38. The molecule has 1 heteroatoms. The lowest BCUT2D eigenvalue weighted by atomic mass is 9.86. The molecule has 0 unspecified atom stereocenters. The van der Waals surface area contributed by atoms with Gasteiger partial charge in [0.25, 0.3) is 0 Å². The van der Waals surface area contributed by atoms with Crippen molar-refractivity contribution in [1.82, 2.24) is 0 Å². The van der Waals surface area contributed by atoms with E-state index in [-0.39, 0.29) is 0 Å². The Hall–Kier alpha value is -0.563. The van der Waals surface area contributed by atoms with E-state index in [4.69, 9.17) is 0 Å². The molecular formula is C12H20Si.